The molecule has 250 valence electrons. The molecule has 0 spiro atoms. The van der Waals surface area contributed by atoms with Crippen LogP contribution in [0.4, 0.5) is 5.69 Å². The summed E-state index contributed by atoms with van der Waals surface area (Å²) in [7, 11) is -3.89. The molecule has 2 aromatic heterocycles. The normalized spacial score (nSPS) is 15.4. The Morgan fingerprint density at radius 1 is 1.02 bits per heavy atom. The summed E-state index contributed by atoms with van der Waals surface area (Å²) in [6.07, 6.45) is 3.89. The summed E-state index contributed by atoms with van der Waals surface area (Å²) in [6, 6.07) is 22.9. The molecule has 0 saturated heterocycles. The number of anilines is 1. The van der Waals surface area contributed by atoms with Gasteiger partial charge in [0.1, 0.15) is 11.9 Å². The number of pyridine rings is 1. The van der Waals surface area contributed by atoms with Gasteiger partial charge in [-0.15, -0.1) is 0 Å². The number of hydrogen-bond acceptors (Lipinski definition) is 9. The maximum absolute atomic E-state index is 13.3. The molecule has 3 N–H and O–H groups in total. The third kappa shape index (κ3) is 7.64. The number of aliphatic hydroxyl groups excluding tert-OH is 1. The van der Waals surface area contributed by atoms with Crippen LogP contribution in [-0.2, 0) is 28.4 Å². The number of aliphatic hydroxyl groups is 1. The average molecular weight is 670 g/mol. The number of aromatic nitrogens is 5. The first-order valence-electron chi connectivity index (χ1n) is 15.8. The highest BCUT2D eigenvalue weighted by Crippen LogP contribution is 2.30. The van der Waals surface area contributed by atoms with Gasteiger partial charge in [0.05, 0.1) is 23.2 Å². The van der Waals surface area contributed by atoms with Crippen molar-refractivity contribution >= 4 is 15.7 Å². The van der Waals surface area contributed by atoms with Crippen molar-refractivity contribution < 1.29 is 18.3 Å². The second-order valence-electron chi connectivity index (χ2n) is 12.9. The van der Waals surface area contributed by atoms with E-state index < -0.39 is 21.8 Å². The van der Waals surface area contributed by atoms with Crippen molar-refractivity contribution in [3.8, 4) is 11.4 Å². The van der Waals surface area contributed by atoms with Crippen LogP contribution in [0.5, 0.6) is 5.75 Å². The molecule has 3 aromatic carbocycles. The molecule has 0 bridgehead atoms. The Morgan fingerprint density at radius 3 is 2.50 bits per heavy atom. The molecule has 48 heavy (non-hydrogen) atoms. The zero-order valence-corrected chi connectivity index (χ0v) is 27.9. The van der Waals surface area contributed by atoms with Gasteiger partial charge in [0.15, 0.2) is 0 Å². The highest BCUT2D eigenvalue weighted by Gasteiger charge is 2.23. The number of nitrogens with zero attached hydrogens (tertiary/aromatic N) is 5. The van der Waals surface area contributed by atoms with Crippen LogP contribution in [0, 0.1) is 0 Å². The van der Waals surface area contributed by atoms with Crippen molar-refractivity contribution in [3.63, 3.8) is 0 Å². The molecular formula is C35H39N7O5S. The van der Waals surface area contributed by atoms with Gasteiger partial charge in [-0.25, -0.2) is 13.2 Å². The van der Waals surface area contributed by atoms with Crippen LogP contribution in [0.15, 0.2) is 101 Å². The van der Waals surface area contributed by atoms with Gasteiger partial charge >= 0.3 is 5.69 Å². The first kappa shape index (κ1) is 33.1. The first-order chi connectivity index (χ1) is 23.0. The molecule has 0 amide bonds. The van der Waals surface area contributed by atoms with Gasteiger partial charge in [-0.3, -0.25) is 9.71 Å². The molecule has 0 fully saturated rings. The topological polar surface area (TPSA) is 153 Å². The fourth-order valence-corrected chi connectivity index (χ4v) is 6.62. The van der Waals surface area contributed by atoms with Crippen LogP contribution in [0.2, 0.25) is 0 Å². The standard InChI is InChI=1S/C35H39N7O5S/c1-35(2,3)27-9-6-24(7-10-27)23-41-34(44)42(40-39-41)29-13-11-28(12-14-29)38-48(45,46)31-16-17-33-25(19-31)8-15-30(47-33)21-37-22-32(43)26-5-4-18-36-20-26/h4-7,9-14,16-20,30,32,37-38,43H,8,15,21-23H2,1-3H3/t30?,32-/m0/s1. The molecule has 1 unspecified atom stereocenters. The van der Waals surface area contributed by atoms with Crippen LogP contribution in [0.1, 0.15) is 55.5 Å². The lowest BCUT2D eigenvalue weighted by molar-refractivity contribution is 0.146. The maximum Gasteiger partial charge on any atom is 0.368 e. The van der Waals surface area contributed by atoms with E-state index in [9.17, 15) is 18.3 Å². The number of nitrogens with one attached hydrogen (secondary N) is 2. The minimum Gasteiger partial charge on any atom is -0.489 e. The highest BCUT2D eigenvalue weighted by atomic mass is 32.2. The fraction of sp³-hybridized carbons (Fsp3) is 0.314. The van der Waals surface area contributed by atoms with Crippen LogP contribution in [0.25, 0.3) is 5.69 Å². The van der Waals surface area contributed by atoms with Crippen LogP contribution < -0.4 is 20.5 Å². The Labute approximate surface area is 279 Å². The summed E-state index contributed by atoms with van der Waals surface area (Å²) in [5.41, 5.74) is 4.11. The molecule has 1 aliphatic rings. The van der Waals surface area contributed by atoms with E-state index in [1.54, 1.807) is 54.9 Å². The fourth-order valence-electron chi connectivity index (χ4n) is 5.51. The SMILES string of the molecule is CC(C)(C)c1ccc(Cn2nnn(-c3ccc(NS(=O)(=O)c4ccc5c(c4)CCC(CNC[C@H](O)c4cccnc4)O5)cc3)c2=O)cc1. The van der Waals surface area contributed by atoms with E-state index in [4.69, 9.17) is 4.74 Å². The lowest BCUT2D eigenvalue weighted by Crippen LogP contribution is -2.36. The van der Waals surface area contributed by atoms with E-state index in [1.165, 1.54) is 21.0 Å². The van der Waals surface area contributed by atoms with E-state index in [1.807, 2.05) is 18.2 Å². The summed E-state index contributed by atoms with van der Waals surface area (Å²) in [5.74, 6) is 0.643. The van der Waals surface area contributed by atoms with Gasteiger partial charge in [0.25, 0.3) is 10.0 Å². The Morgan fingerprint density at radius 2 is 1.79 bits per heavy atom. The number of fused-ring (bicyclic) bond motifs is 1. The number of aryl methyl sites for hydroxylation is 1. The quantitative estimate of drug-likeness (QED) is 0.190. The Hall–Kier alpha value is -4.85. The summed E-state index contributed by atoms with van der Waals surface area (Å²) in [4.78, 5) is 17.2. The van der Waals surface area contributed by atoms with Crippen molar-refractivity contribution in [2.45, 2.75) is 62.7 Å². The summed E-state index contributed by atoms with van der Waals surface area (Å²) < 4.78 is 37.7. The van der Waals surface area contributed by atoms with Crippen LogP contribution in [-0.4, -0.2) is 57.5 Å². The van der Waals surface area contributed by atoms with E-state index >= 15 is 0 Å². The molecule has 6 rings (SSSR count). The van der Waals surface area contributed by atoms with Gasteiger partial charge in [-0.05, 0) is 93.9 Å². The smallest absolute Gasteiger partial charge is 0.368 e. The van der Waals surface area contributed by atoms with Crippen molar-refractivity contribution in [2.24, 2.45) is 0 Å². The van der Waals surface area contributed by atoms with Gasteiger partial charge in [-0.1, -0.05) is 51.1 Å². The molecular weight excluding hydrogens is 630 g/mol. The van der Waals surface area contributed by atoms with Crippen LogP contribution >= 0.6 is 0 Å². The zero-order valence-electron chi connectivity index (χ0n) is 27.1. The highest BCUT2D eigenvalue weighted by molar-refractivity contribution is 7.92. The number of sulfonamides is 1. The minimum atomic E-state index is -3.89. The number of hydrogen-bond donors (Lipinski definition) is 3. The van der Waals surface area contributed by atoms with Crippen molar-refractivity contribution in [1.29, 1.82) is 0 Å². The molecule has 0 aliphatic carbocycles. The van der Waals surface area contributed by atoms with Gasteiger partial charge < -0.3 is 15.2 Å². The molecule has 2 atom stereocenters. The Bertz CT molecular complexity index is 2020. The van der Waals surface area contributed by atoms with Crippen molar-refractivity contribution in [2.75, 3.05) is 17.8 Å². The average Bonchev–Trinajstić information content (AvgIpc) is 3.44. The largest absolute Gasteiger partial charge is 0.489 e. The third-order valence-electron chi connectivity index (χ3n) is 8.31. The second kappa shape index (κ2) is 13.7. The van der Waals surface area contributed by atoms with Gasteiger partial charge in [0.2, 0.25) is 0 Å². The lowest BCUT2D eigenvalue weighted by Gasteiger charge is -2.27. The molecule has 0 radical (unpaired) electrons. The van der Waals surface area contributed by atoms with Crippen LogP contribution in [0.3, 0.4) is 0 Å². The monoisotopic (exact) mass is 669 g/mol. The maximum atomic E-state index is 13.3. The number of tetrazole rings is 1. The molecule has 1 aliphatic heterocycles. The summed E-state index contributed by atoms with van der Waals surface area (Å²) in [6.45, 7) is 7.63. The Kier molecular flexibility index (Phi) is 9.45. The lowest BCUT2D eigenvalue weighted by atomic mass is 9.87. The van der Waals surface area contributed by atoms with E-state index in [0.29, 0.717) is 43.1 Å². The first-order valence-corrected chi connectivity index (χ1v) is 17.3. The van der Waals surface area contributed by atoms with E-state index in [2.05, 4.69) is 58.4 Å². The number of ether oxygens (including phenoxy) is 1. The summed E-state index contributed by atoms with van der Waals surface area (Å²) in [5, 5.41) is 21.6. The molecule has 0 saturated carbocycles. The molecule has 3 heterocycles. The number of rotatable bonds is 11. The van der Waals surface area contributed by atoms with Gasteiger partial charge in [0, 0.05) is 36.7 Å². The zero-order chi connectivity index (χ0) is 33.9. The minimum absolute atomic E-state index is 0.0331. The molecule has 5 aromatic rings. The molecule has 12 nitrogen and oxygen atoms in total. The molecule has 13 heteroatoms. The van der Waals surface area contributed by atoms with E-state index in [0.717, 1.165) is 16.7 Å². The van der Waals surface area contributed by atoms with Crippen molar-refractivity contribution in [3.05, 3.63) is 124 Å². The van der Waals surface area contributed by atoms with Crippen molar-refractivity contribution in [1.82, 2.24) is 30.1 Å². The predicted molar refractivity (Wildman–Crippen MR) is 182 cm³/mol. The Balaban J connectivity index is 1.05. The van der Waals surface area contributed by atoms with E-state index in [-0.39, 0.29) is 23.0 Å². The second-order valence-corrected chi connectivity index (χ2v) is 14.6. The van der Waals surface area contributed by atoms with Gasteiger partial charge in [-0.2, -0.15) is 9.36 Å². The summed E-state index contributed by atoms with van der Waals surface area (Å²) >= 11 is 0. The number of benzene rings is 3. The third-order valence-corrected chi connectivity index (χ3v) is 9.69. The predicted octanol–water partition coefficient (Wildman–Crippen LogP) is 3.99.